The Morgan fingerprint density at radius 3 is 2.39 bits per heavy atom. The minimum Gasteiger partial charge on any atom is -0.389 e. The normalized spacial score (nSPS) is 14.8. The number of rotatable bonds is 7. The van der Waals surface area contributed by atoms with Gasteiger partial charge in [0, 0.05) is 24.7 Å². The molecule has 102 valence electrons. The van der Waals surface area contributed by atoms with Crippen molar-refractivity contribution in [3.8, 4) is 0 Å². The van der Waals surface area contributed by atoms with E-state index in [0.29, 0.717) is 19.7 Å². The molecule has 1 rings (SSSR count). The molecule has 0 radical (unpaired) electrons. The molecular weight excluding hydrogens is 298 g/mol. The first-order chi connectivity index (χ1) is 8.52. The highest BCUT2D eigenvalue weighted by atomic mass is 79.9. The lowest BCUT2D eigenvalue weighted by Gasteiger charge is -2.23. The van der Waals surface area contributed by atoms with Crippen LogP contribution in [0.2, 0.25) is 0 Å². The molecule has 18 heavy (non-hydrogen) atoms. The van der Waals surface area contributed by atoms with E-state index < -0.39 is 12.2 Å². The first kappa shape index (κ1) is 15.6. The fraction of sp³-hybridized carbons (Fsp3) is 0.538. The Balaban J connectivity index is 2.43. The van der Waals surface area contributed by atoms with E-state index in [2.05, 4.69) is 15.9 Å². The second kappa shape index (κ2) is 7.86. The number of methoxy groups -OCH3 is 1. The summed E-state index contributed by atoms with van der Waals surface area (Å²) in [6.07, 6.45) is -1.09. The number of halogens is 1. The number of aliphatic hydroxyl groups excluding tert-OH is 2. The molecule has 0 spiro atoms. The highest BCUT2D eigenvalue weighted by Crippen LogP contribution is 2.17. The van der Waals surface area contributed by atoms with Gasteiger partial charge < -0.3 is 19.8 Å². The van der Waals surface area contributed by atoms with Crippen LogP contribution in [0.5, 0.6) is 0 Å². The van der Waals surface area contributed by atoms with E-state index in [-0.39, 0.29) is 0 Å². The van der Waals surface area contributed by atoms with E-state index in [9.17, 15) is 10.2 Å². The van der Waals surface area contributed by atoms with Crippen LogP contribution >= 0.6 is 15.9 Å². The van der Waals surface area contributed by atoms with Gasteiger partial charge in [0.25, 0.3) is 0 Å². The van der Waals surface area contributed by atoms with Gasteiger partial charge in [0.15, 0.2) is 0 Å². The van der Waals surface area contributed by atoms with Crippen molar-refractivity contribution in [2.24, 2.45) is 0 Å². The van der Waals surface area contributed by atoms with Crippen LogP contribution in [0.25, 0.3) is 0 Å². The number of benzene rings is 1. The van der Waals surface area contributed by atoms with Crippen LogP contribution in [0.3, 0.4) is 0 Å². The highest BCUT2D eigenvalue weighted by Gasteiger charge is 2.13. The van der Waals surface area contributed by atoms with E-state index in [1.807, 2.05) is 36.2 Å². The van der Waals surface area contributed by atoms with E-state index in [1.54, 1.807) is 7.11 Å². The van der Waals surface area contributed by atoms with Crippen molar-refractivity contribution in [3.63, 3.8) is 0 Å². The summed E-state index contributed by atoms with van der Waals surface area (Å²) in [6, 6.07) is 7.57. The van der Waals surface area contributed by atoms with E-state index in [1.165, 1.54) is 0 Å². The third-order valence-corrected chi connectivity index (χ3v) is 3.15. The minimum absolute atomic E-state index is 0.304. The first-order valence-corrected chi connectivity index (χ1v) is 6.61. The fourth-order valence-corrected chi connectivity index (χ4v) is 2.03. The molecule has 0 heterocycles. The third kappa shape index (κ3) is 5.46. The van der Waals surface area contributed by atoms with Crippen molar-refractivity contribution in [2.45, 2.75) is 12.2 Å². The molecule has 1 aromatic carbocycles. The molecule has 0 saturated carbocycles. The Hall–Kier alpha value is -0.460. The summed E-state index contributed by atoms with van der Waals surface area (Å²) in [5, 5.41) is 19.6. The van der Waals surface area contributed by atoms with Gasteiger partial charge in [-0.05, 0) is 24.7 Å². The Morgan fingerprint density at radius 1 is 1.22 bits per heavy atom. The van der Waals surface area contributed by atoms with Gasteiger partial charge >= 0.3 is 0 Å². The van der Waals surface area contributed by atoms with Crippen molar-refractivity contribution in [1.29, 1.82) is 0 Å². The summed E-state index contributed by atoms with van der Waals surface area (Å²) in [7, 11) is 3.42. The molecule has 0 bridgehead atoms. The molecular formula is C13H20BrNO3. The predicted molar refractivity (Wildman–Crippen MR) is 74.5 cm³/mol. The summed E-state index contributed by atoms with van der Waals surface area (Å²) >= 11 is 3.36. The van der Waals surface area contributed by atoms with Gasteiger partial charge in [0.1, 0.15) is 0 Å². The smallest absolute Gasteiger partial charge is 0.0916 e. The lowest BCUT2D eigenvalue weighted by Crippen LogP contribution is -2.34. The van der Waals surface area contributed by atoms with Crippen LogP contribution in [-0.4, -0.2) is 55.1 Å². The van der Waals surface area contributed by atoms with Crippen LogP contribution in [0.15, 0.2) is 28.7 Å². The van der Waals surface area contributed by atoms with Crippen molar-refractivity contribution in [1.82, 2.24) is 4.90 Å². The Labute approximate surface area is 116 Å². The fourth-order valence-electron chi connectivity index (χ4n) is 1.76. The van der Waals surface area contributed by atoms with Crippen LogP contribution < -0.4 is 0 Å². The summed E-state index contributed by atoms with van der Waals surface area (Å²) in [5.74, 6) is 0. The van der Waals surface area contributed by atoms with Crippen LogP contribution in [-0.2, 0) is 4.74 Å². The zero-order valence-electron chi connectivity index (χ0n) is 10.7. The van der Waals surface area contributed by atoms with Gasteiger partial charge in [0.05, 0.1) is 18.8 Å². The number of hydrogen-bond donors (Lipinski definition) is 2. The average Bonchev–Trinajstić information content (AvgIpc) is 2.29. The molecule has 0 aliphatic carbocycles. The van der Waals surface area contributed by atoms with Crippen LogP contribution in [0, 0.1) is 0 Å². The summed E-state index contributed by atoms with van der Waals surface area (Å²) in [5.41, 5.74) is 0.867. The maximum Gasteiger partial charge on any atom is 0.0916 e. The van der Waals surface area contributed by atoms with E-state index in [4.69, 9.17) is 4.74 Å². The van der Waals surface area contributed by atoms with Gasteiger partial charge in [-0.3, -0.25) is 0 Å². The van der Waals surface area contributed by atoms with Gasteiger partial charge in [-0.25, -0.2) is 0 Å². The molecule has 0 aliphatic heterocycles. The maximum atomic E-state index is 10.1. The van der Waals surface area contributed by atoms with Gasteiger partial charge in [-0.15, -0.1) is 0 Å². The lowest BCUT2D eigenvalue weighted by molar-refractivity contribution is 0.0318. The zero-order valence-corrected chi connectivity index (χ0v) is 12.3. The molecule has 0 fully saturated rings. The topological polar surface area (TPSA) is 52.9 Å². The summed E-state index contributed by atoms with van der Waals surface area (Å²) in [6.45, 7) is 1.25. The average molecular weight is 318 g/mol. The molecule has 2 N–H and O–H groups in total. The third-order valence-electron chi connectivity index (χ3n) is 2.62. The van der Waals surface area contributed by atoms with Crippen molar-refractivity contribution < 1.29 is 14.9 Å². The molecule has 2 atom stereocenters. The van der Waals surface area contributed by atoms with E-state index >= 15 is 0 Å². The number of aliphatic hydroxyl groups is 2. The summed E-state index contributed by atoms with van der Waals surface area (Å²) < 4.78 is 5.85. The van der Waals surface area contributed by atoms with Crippen LogP contribution in [0.1, 0.15) is 11.7 Å². The monoisotopic (exact) mass is 317 g/mol. The standard InChI is InChI=1S/C13H20BrNO3/c1-15(7-12(16)9-18-2)8-13(17)10-3-5-11(14)6-4-10/h3-6,12-13,16-17H,7-9H2,1-2H3. The van der Waals surface area contributed by atoms with E-state index in [0.717, 1.165) is 10.0 Å². The SMILES string of the molecule is COCC(O)CN(C)CC(O)c1ccc(Br)cc1. The van der Waals surface area contributed by atoms with Crippen molar-refractivity contribution in [3.05, 3.63) is 34.3 Å². The molecule has 0 saturated heterocycles. The lowest BCUT2D eigenvalue weighted by atomic mass is 10.1. The van der Waals surface area contributed by atoms with Crippen LogP contribution in [0.4, 0.5) is 0 Å². The Bertz CT molecular complexity index is 345. The molecule has 2 unspecified atom stereocenters. The van der Waals surface area contributed by atoms with Gasteiger partial charge in [0.2, 0.25) is 0 Å². The molecule has 0 amide bonds. The second-order valence-corrected chi connectivity index (χ2v) is 5.31. The molecule has 0 aromatic heterocycles. The van der Waals surface area contributed by atoms with Crippen molar-refractivity contribution >= 4 is 15.9 Å². The second-order valence-electron chi connectivity index (χ2n) is 4.40. The maximum absolute atomic E-state index is 10.1. The zero-order chi connectivity index (χ0) is 13.5. The summed E-state index contributed by atoms with van der Waals surface area (Å²) in [4.78, 5) is 1.89. The van der Waals surface area contributed by atoms with Gasteiger partial charge in [-0.2, -0.15) is 0 Å². The number of ether oxygens (including phenoxy) is 1. The number of likely N-dealkylation sites (N-methyl/N-ethyl adjacent to an activating group) is 1. The number of hydrogen-bond acceptors (Lipinski definition) is 4. The predicted octanol–water partition coefficient (Wildman–Crippen LogP) is 1.42. The molecule has 1 aromatic rings. The molecule has 5 heteroatoms. The molecule has 0 aliphatic rings. The first-order valence-electron chi connectivity index (χ1n) is 5.82. The highest BCUT2D eigenvalue weighted by molar-refractivity contribution is 9.10. The quantitative estimate of drug-likeness (QED) is 0.798. The van der Waals surface area contributed by atoms with Gasteiger partial charge in [-0.1, -0.05) is 28.1 Å². The Morgan fingerprint density at radius 2 is 1.83 bits per heavy atom. The molecule has 4 nitrogen and oxygen atoms in total. The minimum atomic E-state index is -0.558. The van der Waals surface area contributed by atoms with Crippen molar-refractivity contribution in [2.75, 3.05) is 33.9 Å². The number of nitrogens with zero attached hydrogens (tertiary/aromatic N) is 1. The Kier molecular flexibility index (Phi) is 6.81. The largest absolute Gasteiger partial charge is 0.389 e.